The van der Waals surface area contributed by atoms with E-state index in [1.54, 1.807) is 18.3 Å². The highest BCUT2D eigenvalue weighted by molar-refractivity contribution is 6.30. The van der Waals surface area contributed by atoms with Crippen molar-refractivity contribution in [2.24, 2.45) is 21.0 Å². The van der Waals surface area contributed by atoms with Gasteiger partial charge in [0.1, 0.15) is 0 Å². The molecule has 3 N–H and O–H groups in total. The van der Waals surface area contributed by atoms with Gasteiger partial charge >= 0.3 is 0 Å². The lowest BCUT2D eigenvalue weighted by Crippen LogP contribution is -2.26. The van der Waals surface area contributed by atoms with Crippen molar-refractivity contribution >= 4 is 30.5 Å². The highest BCUT2D eigenvalue weighted by Crippen LogP contribution is 2.07. The number of halogens is 1. The minimum absolute atomic E-state index is 0.0789. The van der Waals surface area contributed by atoms with Gasteiger partial charge in [0, 0.05) is 11.7 Å². The monoisotopic (exact) mass is 223 g/mol. The van der Waals surface area contributed by atoms with Crippen LogP contribution in [0.15, 0.2) is 39.6 Å². The van der Waals surface area contributed by atoms with Crippen molar-refractivity contribution in [1.82, 2.24) is 5.43 Å². The Morgan fingerprint density at radius 1 is 1.40 bits per heavy atom. The van der Waals surface area contributed by atoms with Crippen LogP contribution in [0.25, 0.3) is 0 Å². The first-order valence-corrected chi connectivity index (χ1v) is 4.44. The molecule has 0 aromatic heterocycles. The zero-order chi connectivity index (χ0) is 11.1. The molecule has 1 aromatic rings. The molecule has 5 nitrogen and oxygen atoms in total. The first kappa shape index (κ1) is 11.2. The fourth-order valence-electron chi connectivity index (χ4n) is 0.810. The molecule has 1 aromatic carbocycles. The van der Waals surface area contributed by atoms with Crippen LogP contribution in [-0.4, -0.2) is 18.9 Å². The molecule has 0 fully saturated rings. The largest absolute Gasteiger partial charge is 0.367 e. The predicted molar refractivity (Wildman–Crippen MR) is 63.4 cm³/mol. The van der Waals surface area contributed by atoms with Gasteiger partial charge in [-0.1, -0.05) is 23.7 Å². The molecule has 0 aliphatic heterocycles. The van der Waals surface area contributed by atoms with Crippen LogP contribution in [0.1, 0.15) is 5.56 Å². The maximum absolute atomic E-state index is 5.72. The fourth-order valence-corrected chi connectivity index (χ4v) is 0.936. The normalized spacial score (nSPS) is 11.7. The van der Waals surface area contributed by atoms with Crippen molar-refractivity contribution in [2.45, 2.75) is 0 Å². The molecular formula is C9H10ClN5. The van der Waals surface area contributed by atoms with Gasteiger partial charge in [0.2, 0.25) is 5.96 Å². The summed E-state index contributed by atoms with van der Waals surface area (Å²) in [6, 6.07) is 7.16. The van der Waals surface area contributed by atoms with E-state index in [1.807, 2.05) is 12.1 Å². The number of hydrazone groups is 1. The number of nitrogens with zero attached hydrogens (tertiary/aromatic N) is 3. The minimum atomic E-state index is 0.0789. The van der Waals surface area contributed by atoms with E-state index in [1.165, 1.54) is 0 Å². The molecule has 0 unspecified atom stereocenters. The Morgan fingerprint density at radius 2 is 2.07 bits per heavy atom. The number of nitrogens with two attached hydrogens (primary N) is 1. The Labute approximate surface area is 92.3 Å². The Kier molecular flexibility index (Phi) is 4.30. The number of hydrogen-bond acceptors (Lipinski definition) is 3. The van der Waals surface area contributed by atoms with Crippen LogP contribution in [0, 0.1) is 0 Å². The number of guanidine groups is 1. The third-order valence-corrected chi connectivity index (χ3v) is 1.69. The van der Waals surface area contributed by atoms with Crippen LogP contribution in [0.3, 0.4) is 0 Å². The van der Waals surface area contributed by atoms with Gasteiger partial charge in [0.05, 0.1) is 6.21 Å². The molecule has 0 heterocycles. The first-order chi connectivity index (χ1) is 7.22. The van der Waals surface area contributed by atoms with E-state index in [2.05, 4.69) is 27.4 Å². The van der Waals surface area contributed by atoms with Crippen LogP contribution < -0.4 is 11.2 Å². The van der Waals surface area contributed by atoms with Crippen molar-refractivity contribution in [3.63, 3.8) is 0 Å². The molecule has 15 heavy (non-hydrogen) atoms. The Morgan fingerprint density at radius 3 is 2.67 bits per heavy atom. The summed E-state index contributed by atoms with van der Waals surface area (Å²) in [5, 5.41) is 11.4. The number of nitrogens with one attached hydrogen (secondary N) is 1. The van der Waals surface area contributed by atoms with E-state index >= 15 is 0 Å². The third-order valence-electron chi connectivity index (χ3n) is 1.44. The van der Waals surface area contributed by atoms with Crippen molar-refractivity contribution in [2.75, 3.05) is 0 Å². The molecular weight excluding hydrogens is 214 g/mol. The summed E-state index contributed by atoms with van der Waals surface area (Å²) in [6.07, 6.45) is 1.55. The van der Waals surface area contributed by atoms with Crippen molar-refractivity contribution in [1.29, 1.82) is 0 Å². The average molecular weight is 224 g/mol. The summed E-state index contributed by atoms with van der Waals surface area (Å²) in [5.74, 6) is 0.0789. The molecule has 6 heteroatoms. The maximum Gasteiger partial charge on any atom is 0.234 e. The van der Waals surface area contributed by atoms with Gasteiger partial charge in [0.25, 0.3) is 0 Å². The van der Waals surface area contributed by atoms with Crippen LogP contribution in [0.5, 0.6) is 0 Å². The zero-order valence-corrected chi connectivity index (χ0v) is 8.65. The second-order valence-corrected chi connectivity index (χ2v) is 2.99. The second-order valence-electron chi connectivity index (χ2n) is 2.55. The van der Waals surface area contributed by atoms with E-state index in [0.717, 1.165) is 5.56 Å². The van der Waals surface area contributed by atoms with E-state index in [4.69, 9.17) is 17.3 Å². The molecule has 0 aliphatic rings. The molecule has 0 saturated heterocycles. The van der Waals surface area contributed by atoms with E-state index in [-0.39, 0.29) is 5.96 Å². The smallest absolute Gasteiger partial charge is 0.234 e. The predicted octanol–water partition coefficient (Wildman–Crippen LogP) is 1.19. The summed E-state index contributed by atoms with van der Waals surface area (Å²) >= 11 is 5.72. The number of hydrogen-bond donors (Lipinski definition) is 2. The molecule has 0 saturated carbocycles. The molecule has 1 rings (SSSR count). The summed E-state index contributed by atoms with van der Waals surface area (Å²) in [6.45, 7) is 3.19. The van der Waals surface area contributed by atoms with Gasteiger partial charge in [-0.3, -0.25) is 0 Å². The molecule has 0 amide bonds. The van der Waals surface area contributed by atoms with Gasteiger partial charge in [-0.2, -0.15) is 10.2 Å². The third kappa shape index (κ3) is 4.24. The highest BCUT2D eigenvalue weighted by atomic mass is 35.5. The lowest BCUT2D eigenvalue weighted by molar-refractivity contribution is 0.999. The summed E-state index contributed by atoms with van der Waals surface area (Å²) in [4.78, 5) is 0. The molecule has 0 aliphatic carbocycles. The van der Waals surface area contributed by atoms with Crippen LogP contribution >= 0.6 is 11.6 Å². The van der Waals surface area contributed by atoms with Crippen molar-refractivity contribution in [3.8, 4) is 0 Å². The van der Waals surface area contributed by atoms with Crippen molar-refractivity contribution in [3.05, 3.63) is 34.9 Å². The SMILES string of the molecule is C=NNC(N)=N/N=C/c1ccc(Cl)cc1. The van der Waals surface area contributed by atoms with E-state index < -0.39 is 0 Å². The van der Waals surface area contributed by atoms with E-state index in [0.29, 0.717) is 5.02 Å². The van der Waals surface area contributed by atoms with E-state index in [9.17, 15) is 0 Å². The standard InChI is InChI=1S/C9H10ClN5/c1-12-14-9(11)15-13-6-7-2-4-8(10)5-3-7/h2-6H,1H2,(H3,11,14,15)/b13-6+. The Bertz CT molecular complexity index is 382. The Hall–Kier alpha value is -1.88. The van der Waals surface area contributed by atoms with Gasteiger partial charge in [-0.25, -0.2) is 5.43 Å². The van der Waals surface area contributed by atoms with Crippen molar-refractivity contribution < 1.29 is 0 Å². The summed E-state index contributed by atoms with van der Waals surface area (Å²) in [5.41, 5.74) is 8.57. The molecule has 78 valence electrons. The van der Waals surface area contributed by atoms with Gasteiger partial charge in [0.15, 0.2) is 0 Å². The summed E-state index contributed by atoms with van der Waals surface area (Å²) in [7, 11) is 0. The average Bonchev–Trinajstić information content (AvgIpc) is 2.21. The number of benzene rings is 1. The summed E-state index contributed by atoms with van der Waals surface area (Å²) < 4.78 is 0. The van der Waals surface area contributed by atoms with Crippen LogP contribution in [0.4, 0.5) is 0 Å². The topological polar surface area (TPSA) is 75.1 Å². The minimum Gasteiger partial charge on any atom is -0.367 e. The van der Waals surface area contributed by atoms with Gasteiger partial charge in [-0.15, -0.1) is 5.10 Å². The second kappa shape index (κ2) is 5.77. The Balaban J connectivity index is 2.61. The lowest BCUT2D eigenvalue weighted by Gasteiger charge is -1.93. The molecule has 0 bridgehead atoms. The first-order valence-electron chi connectivity index (χ1n) is 4.06. The quantitative estimate of drug-likeness (QED) is 0.459. The van der Waals surface area contributed by atoms with Gasteiger partial charge in [-0.05, 0) is 17.7 Å². The zero-order valence-electron chi connectivity index (χ0n) is 7.89. The maximum atomic E-state index is 5.72. The molecule has 0 radical (unpaired) electrons. The fraction of sp³-hybridized carbons (Fsp3) is 0. The highest BCUT2D eigenvalue weighted by Gasteiger charge is 1.88. The molecule has 0 atom stereocenters. The van der Waals surface area contributed by atoms with Crippen LogP contribution in [-0.2, 0) is 0 Å². The molecule has 0 spiro atoms. The lowest BCUT2D eigenvalue weighted by atomic mass is 10.2. The number of rotatable bonds is 3. The van der Waals surface area contributed by atoms with Crippen LogP contribution in [0.2, 0.25) is 5.02 Å². The van der Waals surface area contributed by atoms with Gasteiger partial charge < -0.3 is 5.73 Å².